The van der Waals surface area contributed by atoms with Gasteiger partial charge in [0.05, 0.1) is 5.52 Å². The maximum Gasteiger partial charge on any atom is 0.189 e. The maximum absolute atomic E-state index is 11.6. The van der Waals surface area contributed by atoms with E-state index >= 15 is 0 Å². The van der Waals surface area contributed by atoms with E-state index in [0.717, 1.165) is 24.0 Å². The monoisotopic (exact) mass is 202 g/mol. The average molecular weight is 202 g/mol. The van der Waals surface area contributed by atoms with Crippen LogP contribution in [0.5, 0.6) is 0 Å². The maximum atomic E-state index is 11.6. The van der Waals surface area contributed by atoms with E-state index in [-0.39, 0.29) is 5.43 Å². The summed E-state index contributed by atoms with van der Waals surface area (Å²) in [6, 6.07) is 9.32. The molecule has 3 nitrogen and oxygen atoms in total. The van der Waals surface area contributed by atoms with Crippen molar-refractivity contribution < 1.29 is 0 Å². The molecule has 0 aliphatic heterocycles. The van der Waals surface area contributed by atoms with Crippen LogP contribution < -0.4 is 10.7 Å². The molecule has 0 bridgehead atoms. The molecule has 0 unspecified atom stereocenters. The Labute approximate surface area is 88.3 Å². The van der Waals surface area contributed by atoms with Gasteiger partial charge in [-0.05, 0) is 19.2 Å². The van der Waals surface area contributed by atoms with E-state index in [1.807, 2.05) is 37.5 Å². The molecule has 0 fully saturated rings. The van der Waals surface area contributed by atoms with Crippen LogP contribution in [0.15, 0.2) is 41.3 Å². The topological polar surface area (TPSA) is 34.0 Å². The molecular formula is C12H14N2O. The minimum absolute atomic E-state index is 0.0892. The number of hydrogen-bond donors (Lipinski definition) is 1. The van der Waals surface area contributed by atoms with E-state index in [0.29, 0.717) is 0 Å². The minimum Gasteiger partial charge on any atom is -0.346 e. The van der Waals surface area contributed by atoms with Gasteiger partial charge in [0.25, 0.3) is 0 Å². The second-order valence-corrected chi connectivity index (χ2v) is 3.49. The Bertz CT molecular complexity index is 516. The van der Waals surface area contributed by atoms with Crippen molar-refractivity contribution in [3.63, 3.8) is 0 Å². The summed E-state index contributed by atoms with van der Waals surface area (Å²) in [5, 5.41) is 3.88. The smallest absolute Gasteiger partial charge is 0.189 e. The lowest BCUT2D eigenvalue weighted by molar-refractivity contribution is 0.658. The van der Waals surface area contributed by atoms with Crippen molar-refractivity contribution in [1.82, 2.24) is 9.88 Å². The Morgan fingerprint density at radius 1 is 1.27 bits per heavy atom. The van der Waals surface area contributed by atoms with E-state index in [4.69, 9.17) is 0 Å². The fourth-order valence-electron chi connectivity index (χ4n) is 1.69. The van der Waals surface area contributed by atoms with Crippen LogP contribution in [-0.2, 0) is 6.54 Å². The lowest BCUT2D eigenvalue weighted by Crippen LogP contribution is -2.17. The number of aromatic nitrogens is 1. The summed E-state index contributed by atoms with van der Waals surface area (Å²) in [6.45, 7) is 1.77. The van der Waals surface area contributed by atoms with Gasteiger partial charge in [0.15, 0.2) is 5.43 Å². The summed E-state index contributed by atoms with van der Waals surface area (Å²) in [5.74, 6) is 0. The largest absolute Gasteiger partial charge is 0.346 e. The fraction of sp³-hybridized carbons (Fsp3) is 0.250. The third kappa shape index (κ3) is 1.92. The molecular weight excluding hydrogens is 188 g/mol. The molecule has 0 radical (unpaired) electrons. The molecule has 0 atom stereocenters. The molecule has 2 aromatic rings. The Morgan fingerprint density at radius 2 is 2.07 bits per heavy atom. The average Bonchev–Trinajstić information content (AvgIpc) is 2.29. The molecule has 0 saturated heterocycles. The number of fused-ring (bicyclic) bond motifs is 1. The van der Waals surface area contributed by atoms with Gasteiger partial charge >= 0.3 is 0 Å². The van der Waals surface area contributed by atoms with Gasteiger partial charge in [0.1, 0.15) is 0 Å². The summed E-state index contributed by atoms with van der Waals surface area (Å²) >= 11 is 0. The first kappa shape index (κ1) is 9.93. The van der Waals surface area contributed by atoms with Crippen LogP contribution in [0.2, 0.25) is 0 Å². The third-order valence-corrected chi connectivity index (χ3v) is 2.49. The highest BCUT2D eigenvalue weighted by Crippen LogP contribution is 2.08. The first-order valence-corrected chi connectivity index (χ1v) is 5.06. The summed E-state index contributed by atoms with van der Waals surface area (Å²) in [4.78, 5) is 11.6. The van der Waals surface area contributed by atoms with Gasteiger partial charge in [0.2, 0.25) is 0 Å². The second kappa shape index (κ2) is 4.28. The first-order chi connectivity index (χ1) is 7.33. The van der Waals surface area contributed by atoms with Crippen LogP contribution in [-0.4, -0.2) is 18.2 Å². The SMILES string of the molecule is CNCCn1ccc(=O)c2ccccc21. The highest BCUT2D eigenvalue weighted by atomic mass is 16.1. The third-order valence-electron chi connectivity index (χ3n) is 2.49. The van der Waals surface area contributed by atoms with Crippen molar-refractivity contribution in [3.8, 4) is 0 Å². The Kier molecular flexibility index (Phi) is 2.83. The lowest BCUT2D eigenvalue weighted by Gasteiger charge is -2.09. The Balaban J connectivity index is 2.56. The normalized spacial score (nSPS) is 10.7. The van der Waals surface area contributed by atoms with Gasteiger partial charge in [-0.3, -0.25) is 4.79 Å². The molecule has 2 rings (SSSR count). The van der Waals surface area contributed by atoms with Crippen molar-refractivity contribution in [3.05, 3.63) is 46.8 Å². The van der Waals surface area contributed by atoms with Gasteiger partial charge in [-0.15, -0.1) is 0 Å². The van der Waals surface area contributed by atoms with Crippen molar-refractivity contribution in [2.75, 3.05) is 13.6 Å². The van der Waals surface area contributed by atoms with Crippen molar-refractivity contribution in [2.24, 2.45) is 0 Å². The molecule has 0 aliphatic rings. The second-order valence-electron chi connectivity index (χ2n) is 3.49. The Hall–Kier alpha value is -1.61. The minimum atomic E-state index is 0.0892. The van der Waals surface area contributed by atoms with Crippen LogP contribution >= 0.6 is 0 Å². The number of benzene rings is 1. The van der Waals surface area contributed by atoms with Gasteiger partial charge < -0.3 is 9.88 Å². The quantitative estimate of drug-likeness (QED) is 0.812. The van der Waals surface area contributed by atoms with Gasteiger partial charge in [-0.25, -0.2) is 0 Å². The van der Waals surface area contributed by atoms with E-state index in [1.54, 1.807) is 6.07 Å². The molecule has 1 N–H and O–H groups in total. The molecule has 0 spiro atoms. The van der Waals surface area contributed by atoms with E-state index in [9.17, 15) is 4.79 Å². The lowest BCUT2D eigenvalue weighted by atomic mass is 10.2. The van der Waals surface area contributed by atoms with E-state index in [1.165, 1.54) is 0 Å². The predicted octanol–water partition coefficient (Wildman–Crippen LogP) is 1.22. The van der Waals surface area contributed by atoms with Crippen LogP contribution in [0, 0.1) is 0 Å². The van der Waals surface area contributed by atoms with Crippen LogP contribution in [0.4, 0.5) is 0 Å². The van der Waals surface area contributed by atoms with Crippen molar-refractivity contribution in [2.45, 2.75) is 6.54 Å². The number of hydrogen-bond acceptors (Lipinski definition) is 2. The zero-order chi connectivity index (χ0) is 10.7. The summed E-state index contributed by atoms with van der Waals surface area (Å²) in [7, 11) is 1.92. The molecule has 0 aliphatic carbocycles. The fourth-order valence-corrected chi connectivity index (χ4v) is 1.69. The zero-order valence-corrected chi connectivity index (χ0v) is 8.73. The Morgan fingerprint density at radius 3 is 2.87 bits per heavy atom. The summed E-state index contributed by atoms with van der Waals surface area (Å²) in [6.07, 6.45) is 1.85. The molecule has 0 saturated carbocycles. The van der Waals surface area contributed by atoms with Crippen LogP contribution in [0.25, 0.3) is 10.9 Å². The number of nitrogens with one attached hydrogen (secondary N) is 1. The molecule has 1 aromatic heterocycles. The standard InChI is InChI=1S/C12H14N2O/c1-13-7-9-14-8-6-12(15)10-4-2-3-5-11(10)14/h2-6,8,13H,7,9H2,1H3. The van der Waals surface area contributed by atoms with Crippen LogP contribution in [0.1, 0.15) is 0 Å². The van der Waals surface area contributed by atoms with Gasteiger partial charge in [0, 0.05) is 30.7 Å². The van der Waals surface area contributed by atoms with E-state index in [2.05, 4.69) is 9.88 Å². The molecule has 1 heterocycles. The zero-order valence-electron chi connectivity index (χ0n) is 8.73. The number of pyridine rings is 1. The van der Waals surface area contributed by atoms with E-state index < -0.39 is 0 Å². The number of likely N-dealkylation sites (N-methyl/N-ethyl adjacent to an activating group) is 1. The summed E-state index contributed by atoms with van der Waals surface area (Å²) in [5.41, 5.74) is 1.09. The predicted molar refractivity (Wildman–Crippen MR) is 62.1 cm³/mol. The van der Waals surface area contributed by atoms with Gasteiger partial charge in [-0.1, -0.05) is 12.1 Å². The summed E-state index contributed by atoms with van der Waals surface area (Å²) < 4.78 is 2.09. The highest BCUT2D eigenvalue weighted by Gasteiger charge is 2.00. The first-order valence-electron chi connectivity index (χ1n) is 5.06. The molecule has 3 heteroatoms. The molecule has 78 valence electrons. The molecule has 1 aromatic carbocycles. The van der Waals surface area contributed by atoms with Crippen molar-refractivity contribution >= 4 is 10.9 Å². The number of rotatable bonds is 3. The number of nitrogens with zero attached hydrogens (tertiary/aromatic N) is 1. The highest BCUT2D eigenvalue weighted by molar-refractivity contribution is 5.78. The molecule has 0 amide bonds. The molecule has 15 heavy (non-hydrogen) atoms. The van der Waals surface area contributed by atoms with Gasteiger partial charge in [-0.2, -0.15) is 0 Å². The number of para-hydroxylation sites is 1. The van der Waals surface area contributed by atoms with Crippen molar-refractivity contribution in [1.29, 1.82) is 0 Å². The van der Waals surface area contributed by atoms with Crippen LogP contribution in [0.3, 0.4) is 0 Å².